The highest BCUT2D eigenvalue weighted by atomic mass is 16.1. The fraction of sp³-hybridized carbons (Fsp3) is 0.606. The number of hydrogen-bond donors (Lipinski definition) is 0. The van der Waals surface area contributed by atoms with Crippen LogP contribution in [-0.2, 0) is 52.1 Å². The molecule has 2 aliphatic carbocycles. The van der Waals surface area contributed by atoms with Crippen LogP contribution in [0.4, 0.5) is 0 Å². The molecule has 0 N–H and O–H groups in total. The van der Waals surface area contributed by atoms with Crippen LogP contribution in [0.2, 0.25) is 0 Å². The van der Waals surface area contributed by atoms with Gasteiger partial charge in [0.1, 0.15) is 5.78 Å². The molecule has 0 amide bonds. The molecule has 1 nitrogen and oxygen atoms in total. The quantitative estimate of drug-likeness (QED) is 0.452. The predicted octanol–water partition coefficient (Wildman–Crippen LogP) is 8.08. The monoisotopic (exact) mass is 458 g/mol. The van der Waals surface area contributed by atoms with Crippen LogP contribution in [0.5, 0.6) is 0 Å². The van der Waals surface area contributed by atoms with Crippen molar-refractivity contribution >= 4 is 5.78 Å². The zero-order valence-electron chi connectivity index (χ0n) is 23.5. The van der Waals surface area contributed by atoms with E-state index < -0.39 is 0 Å². The molecule has 2 aromatic rings. The molecule has 4 rings (SSSR count). The van der Waals surface area contributed by atoms with Gasteiger partial charge in [-0.2, -0.15) is 0 Å². The maximum atomic E-state index is 13.6. The van der Waals surface area contributed by atoms with Crippen molar-refractivity contribution in [2.24, 2.45) is 0 Å². The third-order valence-electron chi connectivity index (χ3n) is 8.65. The summed E-state index contributed by atoms with van der Waals surface area (Å²) in [5, 5.41) is 0. The lowest BCUT2D eigenvalue weighted by Gasteiger charge is -2.26. The average molecular weight is 459 g/mol. The number of Topliss-reactive ketones (excluding diaryl/α,β-unsaturated/α-hetero) is 1. The van der Waals surface area contributed by atoms with Crippen LogP contribution in [0.1, 0.15) is 127 Å². The van der Waals surface area contributed by atoms with Crippen LogP contribution in [0.15, 0.2) is 24.3 Å². The molecule has 34 heavy (non-hydrogen) atoms. The molecule has 0 heterocycles. The van der Waals surface area contributed by atoms with E-state index in [-0.39, 0.29) is 21.7 Å². The van der Waals surface area contributed by atoms with E-state index >= 15 is 0 Å². The molecule has 0 fully saturated rings. The van der Waals surface area contributed by atoms with Crippen LogP contribution in [0.3, 0.4) is 0 Å². The first-order valence-corrected chi connectivity index (χ1v) is 13.3. The lowest BCUT2D eigenvalue weighted by molar-refractivity contribution is -0.117. The number of carbonyl (C=O) groups is 1. The van der Waals surface area contributed by atoms with E-state index in [0.29, 0.717) is 18.6 Å². The highest BCUT2D eigenvalue weighted by Gasteiger charge is 2.35. The van der Waals surface area contributed by atoms with Crippen molar-refractivity contribution in [2.75, 3.05) is 0 Å². The summed E-state index contributed by atoms with van der Waals surface area (Å²) in [6, 6.07) is 9.55. The summed E-state index contributed by atoms with van der Waals surface area (Å²) >= 11 is 0. The Balaban J connectivity index is 1.70. The molecule has 0 spiro atoms. The average Bonchev–Trinajstić information content (AvgIpc) is 3.16. The Bertz CT molecular complexity index is 1040. The van der Waals surface area contributed by atoms with E-state index in [9.17, 15) is 4.79 Å². The smallest absolute Gasteiger partial charge is 0.141 e. The molecular formula is C33H46O. The molecule has 0 saturated carbocycles. The Morgan fingerprint density at radius 3 is 1.35 bits per heavy atom. The molecule has 184 valence electrons. The number of fused-ring (bicyclic) bond motifs is 2. The second-order valence-electron chi connectivity index (χ2n) is 14.5. The van der Waals surface area contributed by atoms with Gasteiger partial charge in [0.05, 0.1) is 0 Å². The minimum atomic E-state index is 0.0823. The number of ketones is 1. The number of carbonyl (C=O) groups excluding carboxylic acids is 1. The molecule has 1 heteroatoms. The molecule has 0 radical (unpaired) electrons. The van der Waals surface area contributed by atoms with Gasteiger partial charge in [0.2, 0.25) is 0 Å². The molecule has 0 unspecified atom stereocenters. The Kier molecular flexibility index (Phi) is 5.99. The second-order valence-corrected chi connectivity index (χ2v) is 14.5. The third-order valence-corrected chi connectivity index (χ3v) is 8.65. The van der Waals surface area contributed by atoms with Crippen molar-refractivity contribution in [1.82, 2.24) is 0 Å². The summed E-state index contributed by atoms with van der Waals surface area (Å²) in [6.45, 7) is 23.1. The molecule has 2 aromatic carbocycles. The van der Waals surface area contributed by atoms with E-state index in [4.69, 9.17) is 0 Å². The van der Waals surface area contributed by atoms with E-state index in [1.54, 1.807) is 0 Å². The Morgan fingerprint density at radius 1 is 0.676 bits per heavy atom. The molecule has 0 aliphatic heterocycles. The second kappa shape index (κ2) is 8.07. The van der Waals surface area contributed by atoms with E-state index in [2.05, 4.69) is 93.5 Å². The summed E-state index contributed by atoms with van der Waals surface area (Å²) in [5.74, 6) is 0.357. The van der Waals surface area contributed by atoms with Gasteiger partial charge in [0.25, 0.3) is 0 Å². The zero-order chi connectivity index (χ0) is 25.3. The normalized spacial score (nSPS) is 18.6. The van der Waals surface area contributed by atoms with Crippen molar-refractivity contribution in [1.29, 1.82) is 0 Å². The summed E-state index contributed by atoms with van der Waals surface area (Å²) in [6.07, 6.45) is 5.65. The minimum Gasteiger partial charge on any atom is -0.299 e. The van der Waals surface area contributed by atoms with Gasteiger partial charge in [-0.05, 0) is 91.9 Å². The molecular weight excluding hydrogens is 412 g/mol. The summed E-state index contributed by atoms with van der Waals surface area (Å²) in [4.78, 5) is 13.6. The summed E-state index contributed by atoms with van der Waals surface area (Å²) < 4.78 is 0. The summed E-state index contributed by atoms with van der Waals surface area (Å²) in [7, 11) is 0. The van der Waals surface area contributed by atoms with Gasteiger partial charge in [-0.25, -0.2) is 0 Å². The topological polar surface area (TPSA) is 17.1 Å². The van der Waals surface area contributed by atoms with Crippen molar-refractivity contribution in [3.8, 4) is 0 Å². The third kappa shape index (κ3) is 4.65. The highest BCUT2D eigenvalue weighted by molar-refractivity contribution is 5.84. The Labute approximate surface area is 208 Å². The first-order valence-electron chi connectivity index (χ1n) is 13.3. The molecule has 0 aromatic heterocycles. The van der Waals surface area contributed by atoms with Crippen LogP contribution < -0.4 is 0 Å². The Hall–Kier alpha value is -1.89. The van der Waals surface area contributed by atoms with Crippen molar-refractivity contribution in [3.05, 3.63) is 68.8 Å². The molecule has 2 aliphatic rings. The van der Waals surface area contributed by atoms with Gasteiger partial charge in [-0.1, -0.05) is 93.5 Å². The van der Waals surface area contributed by atoms with Crippen LogP contribution in [0.25, 0.3) is 0 Å². The number of rotatable bonds is 4. The number of benzene rings is 2. The van der Waals surface area contributed by atoms with Gasteiger partial charge < -0.3 is 0 Å². The molecule has 0 bridgehead atoms. The van der Waals surface area contributed by atoms with Gasteiger partial charge in [-0.15, -0.1) is 0 Å². The summed E-state index contributed by atoms with van der Waals surface area (Å²) in [5.41, 5.74) is 11.7. The minimum absolute atomic E-state index is 0.0823. The first-order chi connectivity index (χ1) is 15.5. The van der Waals surface area contributed by atoms with Gasteiger partial charge in [0, 0.05) is 12.8 Å². The van der Waals surface area contributed by atoms with Crippen LogP contribution in [-0.4, -0.2) is 5.78 Å². The largest absolute Gasteiger partial charge is 0.299 e. The lowest BCUT2D eigenvalue weighted by Crippen LogP contribution is -2.19. The van der Waals surface area contributed by atoms with Gasteiger partial charge >= 0.3 is 0 Å². The van der Waals surface area contributed by atoms with E-state index in [1.807, 2.05) is 0 Å². The molecule has 0 saturated heterocycles. The lowest BCUT2D eigenvalue weighted by atomic mass is 9.78. The van der Waals surface area contributed by atoms with Crippen LogP contribution in [0, 0.1) is 0 Å². The number of hydrogen-bond acceptors (Lipinski definition) is 1. The maximum absolute atomic E-state index is 13.6. The fourth-order valence-corrected chi connectivity index (χ4v) is 6.08. The van der Waals surface area contributed by atoms with Crippen LogP contribution >= 0.6 is 0 Å². The standard InChI is InChI=1S/C33H46O/c1-30(2,3)23-15-21(26-11-13-32(7,8)28(26)19-23)17-25(34)18-22-16-24(31(4,5)6)20-29-27(22)12-14-33(29,9)10/h15-16,19-20H,11-14,17-18H2,1-10H3. The van der Waals surface area contributed by atoms with Gasteiger partial charge in [-0.3, -0.25) is 4.79 Å². The van der Waals surface area contributed by atoms with Gasteiger partial charge in [0.15, 0.2) is 0 Å². The SMILES string of the molecule is CC(C)(C)c1cc(CC(=O)Cc2cc(C(C)(C)C)cc3c2CCC3(C)C)c2c(c1)C(C)(C)CC2. The van der Waals surface area contributed by atoms with E-state index in [1.165, 1.54) is 57.3 Å². The van der Waals surface area contributed by atoms with Crippen molar-refractivity contribution < 1.29 is 4.79 Å². The van der Waals surface area contributed by atoms with E-state index in [0.717, 1.165) is 12.8 Å². The molecule has 0 atom stereocenters. The highest BCUT2D eigenvalue weighted by Crippen LogP contribution is 2.44. The first kappa shape index (κ1) is 25.2. The maximum Gasteiger partial charge on any atom is 0.141 e. The zero-order valence-corrected chi connectivity index (χ0v) is 23.5. The fourth-order valence-electron chi connectivity index (χ4n) is 6.08. The van der Waals surface area contributed by atoms with Crippen molar-refractivity contribution in [2.45, 2.75) is 129 Å². The predicted molar refractivity (Wildman–Crippen MR) is 145 cm³/mol. The Morgan fingerprint density at radius 2 is 1.03 bits per heavy atom. The van der Waals surface area contributed by atoms with Crippen molar-refractivity contribution in [3.63, 3.8) is 0 Å².